The summed E-state index contributed by atoms with van der Waals surface area (Å²) in [6.07, 6.45) is 1.48. The van der Waals surface area contributed by atoms with Gasteiger partial charge in [0, 0.05) is 17.6 Å². The second kappa shape index (κ2) is 7.27. The van der Waals surface area contributed by atoms with E-state index in [1.165, 1.54) is 6.33 Å². The summed E-state index contributed by atoms with van der Waals surface area (Å²) in [6.45, 7) is 0.856. The fourth-order valence-electron chi connectivity index (χ4n) is 2.49. The molecular weight excluding hydrogens is 375 g/mol. The van der Waals surface area contributed by atoms with Gasteiger partial charge in [-0.2, -0.15) is 0 Å². The molecule has 0 atom stereocenters. The SMILES string of the molecule is Clc1ccc(Nc2cc(NCc3ccc4c(c3)OCO4)ncn2)c(Cl)c1. The molecule has 6 nitrogen and oxygen atoms in total. The van der Waals surface area contributed by atoms with Crippen LogP contribution in [-0.4, -0.2) is 16.8 Å². The lowest BCUT2D eigenvalue weighted by atomic mass is 10.2. The lowest BCUT2D eigenvalue weighted by molar-refractivity contribution is 0.174. The van der Waals surface area contributed by atoms with Crippen molar-refractivity contribution in [2.24, 2.45) is 0 Å². The lowest BCUT2D eigenvalue weighted by Gasteiger charge is -2.10. The molecule has 1 aliphatic heterocycles. The number of halogens is 2. The number of fused-ring (bicyclic) bond motifs is 1. The minimum atomic E-state index is 0.264. The number of nitrogens with one attached hydrogen (secondary N) is 2. The van der Waals surface area contributed by atoms with Crippen molar-refractivity contribution in [3.63, 3.8) is 0 Å². The number of hydrogen-bond donors (Lipinski definition) is 2. The zero-order valence-electron chi connectivity index (χ0n) is 13.5. The van der Waals surface area contributed by atoms with Gasteiger partial charge in [0.2, 0.25) is 6.79 Å². The molecule has 1 aliphatic rings. The molecule has 132 valence electrons. The molecule has 2 N–H and O–H groups in total. The Hall–Kier alpha value is -2.70. The molecule has 26 heavy (non-hydrogen) atoms. The molecule has 4 rings (SSSR count). The summed E-state index contributed by atoms with van der Waals surface area (Å²) in [7, 11) is 0. The molecule has 0 fully saturated rings. The summed E-state index contributed by atoms with van der Waals surface area (Å²) in [4.78, 5) is 8.44. The summed E-state index contributed by atoms with van der Waals surface area (Å²) in [5.41, 5.74) is 1.78. The van der Waals surface area contributed by atoms with Gasteiger partial charge >= 0.3 is 0 Å². The van der Waals surface area contributed by atoms with E-state index in [1.54, 1.807) is 24.3 Å². The quantitative estimate of drug-likeness (QED) is 0.649. The van der Waals surface area contributed by atoms with Crippen LogP contribution in [0.4, 0.5) is 17.3 Å². The van der Waals surface area contributed by atoms with Crippen LogP contribution in [0.3, 0.4) is 0 Å². The van der Waals surface area contributed by atoms with Gasteiger partial charge in [0.15, 0.2) is 11.5 Å². The van der Waals surface area contributed by atoms with E-state index in [9.17, 15) is 0 Å². The highest BCUT2D eigenvalue weighted by Crippen LogP contribution is 2.32. The van der Waals surface area contributed by atoms with Gasteiger partial charge in [0.25, 0.3) is 0 Å². The van der Waals surface area contributed by atoms with Gasteiger partial charge < -0.3 is 20.1 Å². The van der Waals surface area contributed by atoms with Gasteiger partial charge in [-0.1, -0.05) is 29.3 Å². The van der Waals surface area contributed by atoms with Crippen molar-refractivity contribution in [3.8, 4) is 11.5 Å². The normalized spacial score (nSPS) is 12.1. The maximum absolute atomic E-state index is 6.18. The maximum atomic E-state index is 6.18. The second-order valence-electron chi connectivity index (χ2n) is 5.58. The van der Waals surface area contributed by atoms with Crippen molar-refractivity contribution in [1.82, 2.24) is 9.97 Å². The van der Waals surface area contributed by atoms with Crippen molar-refractivity contribution < 1.29 is 9.47 Å². The van der Waals surface area contributed by atoms with Crippen molar-refractivity contribution in [2.75, 3.05) is 17.4 Å². The Bertz CT molecular complexity index is 952. The third-order valence-electron chi connectivity index (χ3n) is 3.77. The smallest absolute Gasteiger partial charge is 0.231 e. The molecule has 1 aromatic heterocycles. The number of ether oxygens (including phenoxy) is 2. The summed E-state index contributed by atoms with van der Waals surface area (Å²) in [5.74, 6) is 2.83. The third kappa shape index (κ3) is 3.76. The first-order valence-electron chi connectivity index (χ1n) is 7.84. The van der Waals surface area contributed by atoms with Crippen LogP contribution in [0.15, 0.2) is 48.8 Å². The van der Waals surface area contributed by atoms with E-state index in [2.05, 4.69) is 20.6 Å². The highest BCUT2D eigenvalue weighted by Gasteiger charge is 2.13. The predicted molar refractivity (Wildman–Crippen MR) is 102 cm³/mol. The van der Waals surface area contributed by atoms with Crippen molar-refractivity contribution in [3.05, 3.63) is 64.4 Å². The number of rotatable bonds is 5. The minimum absolute atomic E-state index is 0.264. The van der Waals surface area contributed by atoms with Crippen LogP contribution in [0.2, 0.25) is 10.0 Å². The molecule has 2 heterocycles. The summed E-state index contributed by atoms with van der Waals surface area (Å²) in [5, 5.41) is 7.51. The van der Waals surface area contributed by atoms with Crippen LogP contribution in [0.25, 0.3) is 0 Å². The predicted octanol–water partition coefficient (Wildman–Crippen LogP) is 4.87. The van der Waals surface area contributed by atoms with Crippen LogP contribution >= 0.6 is 23.2 Å². The maximum Gasteiger partial charge on any atom is 0.231 e. The summed E-state index contributed by atoms with van der Waals surface area (Å²) in [6, 6.07) is 12.9. The van der Waals surface area contributed by atoms with Crippen molar-refractivity contribution in [1.29, 1.82) is 0 Å². The topological polar surface area (TPSA) is 68.3 Å². The van der Waals surface area contributed by atoms with Gasteiger partial charge in [0.05, 0.1) is 10.7 Å². The Morgan fingerprint density at radius 3 is 2.65 bits per heavy atom. The monoisotopic (exact) mass is 388 g/mol. The van der Waals surface area contributed by atoms with E-state index in [0.717, 1.165) is 22.7 Å². The Morgan fingerprint density at radius 2 is 1.77 bits per heavy atom. The highest BCUT2D eigenvalue weighted by molar-refractivity contribution is 6.36. The molecular formula is C18H14Cl2N4O2. The first-order chi connectivity index (χ1) is 12.7. The van der Waals surface area contributed by atoms with Crippen LogP contribution in [-0.2, 0) is 6.54 Å². The zero-order chi connectivity index (χ0) is 17.9. The minimum Gasteiger partial charge on any atom is -0.454 e. The fourth-order valence-corrected chi connectivity index (χ4v) is 2.95. The molecule has 8 heteroatoms. The summed E-state index contributed by atoms with van der Waals surface area (Å²) >= 11 is 12.1. The Balaban J connectivity index is 1.44. The lowest BCUT2D eigenvalue weighted by Crippen LogP contribution is -2.03. The van der Waals surface area contributed by atoms with Crippen LogP contribution in [0, 0.1) is 0 Å². The van der Waals surface area contributed by atoms with Crippen molar-refractivity contribution in [2.45, 2.75) is 6.54 Å². The number of nitrogens with zero attached hydrogens (tertiary/aromatic N) is 2. The Labute approximate surface area is 160 Å². The van der Waals surface area contributed by atoms with Crippen LogP contribution in [0.5, 0.6) is 11.5 Å². The fraction of sp³-hybridized carbons (Fsp3) is 0.111. The summed E-state index contributed by atoms with van der Waals surface area (Å²) < 4.78 is 10.7. The van der Waals surface area contributed by atoms with Crippen molar-refractivity contribution >= 4 is 40.5 Å². The van der Waals surface area contributed by atoms with Gasteiger partial charge in [-0.25, -0.2) is 9.97 Å². The number of hydrogen-bond acceptors (Lipinski definition) is 6. The van der Waals surface area contributed by atoms with E-state index in [1.807, 2.05) is 18.2 Å². The first kappa shape index (κ1) is 16.8. The molecule has 0 aliphatic carbocycles. The molecule has 0 saturated carbocycles. The van der Waals surface area contributed by atoms with E-state index >= 15 is 0 Å². The first-order valence-corrected chi connectivity index (χ1v) is 8.59. The number of benzene rings is 2. The molecule has 0 saturated heterocycles. The number of anilines is 3. The molecule has 0 radical (unpaired) electrons. The van der Waals surface area contributed by atoms with Gasteiger partial charge in [-0.15, -0.1) is 0 Å². The highest BCUT2D eigenvalue weighted by atomic mass is 35.5. The van der Waals surface area contributed by atoms with E-state index < -0.39 is 0 Å². The molecule has 2 aromatic carbocycles. The second-order valence-corrected chi connectivity index (χ2v) is 6.42. The van der Waals surface area contributed by atoms with Gasteiger partial charge in [-0.05, 0) is 35.9 Å². The third-order valence-corrected chi connectivity index (χ3v) is 4.32. The molecule has 0 spiro atoms. The molecule has 0 amide bonds. The largest absolute Gasteiger partial charge is 0.454 e. The van der Waals surface area contributed by atoms with Crippen LogP contribution < -0.4 is 20.1 Å². The molecule has 0 unspecified atom stereocenters. The standard InChI is InChI=1S/C18H14Cl2N4O2/c19-12-2-3-14(13(20)6-12)24-18-7-17(22-9-23-18)21-8-11-1-4-15-16(5-11)26-10-25-15/h1-7,9H,8,10H2,(H2,21,22,23,24). The van der Waals surface area contributed by atoms with Gasteiger partial charge in [-0.3, -0.25) is 0 Å². The van der Waals surface area contributed by atoms with E-state index in [0.29, 0.717) is 28.2 Å². The van der Waals surface area contributed by atoms with Gasteiger partial charge in [0.1, 0.15) is 18.0 Å². The molecule has 0 bridgehead atoms. The van der Waals surface area contributed by atoms with Crippen LogP contribution in [0.1, 0.15) is 5.56 Å². The molecule has 3 aromatic rings. The average molecular weight is 389 g/mol. The average Bonchev–Trinajstić information content (AvgIpc) is 3.10. The van der Waals surface area contributed by atoms with E-state index in [-0.39, 0.29) is 6.79 Å². The number of aromatic nitrogens is 2. The zero-order valence-corrected chi connectivity index (χ0v) is 15.0. The van der Waals surface area contributed by atoms with E-state index in [4.69, 9.17) is 32.7 Å². The Morgan fingerprint density at radius 1 is 0.923 bits per heavy atom. The Kier molecular flexibility index (Phi) is 4.69.